The molecule has 0 saturated carbocycles. The lowest BCUT2D eigenvalue weighted by molar-refractivity contribution is -0.138. The van der Waals surface area contributed by atoms with Gasteiger partial charge in [-0.05, 0) is 25.8 Å². The number of likely N-dealkylation sites (tertiary alicyclic amines) is 1. The molecule has 3 rings (SSSR count). The number of hydrogen-bond acceptors (Lipinski definition) is 5. The molecule has 0 bridgehead atoms. The predicted octanol–water partition coefficient (Wildman–Crippen LogP) is 1.10. The number of carbonyl (C=O) groups excluding carboxylic acids is 2. The quantitative estimate of drug-likeness (QED) is 0.788. The first-order valence-corrected chi connectivity index (χ1v) is 7.95. The summed E-state index contributed by atoms with van der Waals surface area (Å²) in [4.78, 5) is 38.5. The number of aryl methyl sites for hydroxylation is 1. The van der Waals surface area contributed by atoms with Crippen LogP contribution in [0.2, 0.25) is 0 Å². The van der Waals surface area contributed by atoms with Gasteiger partial charge in [-0.3, -0.25) is 9.59 Å². The molecule has 7 heteroatoms. The van der Waals surface area contributed by atoms with Crippen molar-refractivity contribution in [2.45, 2.75) is 25.9 Å². The number of nitrogens with zero attached hydrogens (tertiary/aromatic N) is 3. The van der Waals surface area contributed by atoms with Crippen LogP contribution in [-0.4, -0.2) is 45.8 Å². The summed E-state index contributed by atoms with van der Waals surface area (Å²) >= 11 is 0. The highest BCUT2D eigenvalue weighted by Gasteiger charge is 2.27. The van der Waals surface area contributed by atoms with E-state index >= 15 is 0 Å². The summed E-state index contributed by atoms with van der Waals surface area (Å²) in [5.74, 6) is -0.906. The normalized spacial score (nSPS) is 15.5. The van der Waals surface area contributed by atoms with Crippen molar-refractivity contribution in [1.82, 2.24) is 14.7 Å². The van der Waals surface area contributed by atoms with Crippen LogP contribution in [0.3, 0.4) is 0 Å². The van der Waals surface area contributed by atoms with Gasteiger partial charge >= 0.3 is 5.97 Å². The number of fused-ring (bicyclic) bond motifs is 1. The van der Waals surface area contributed by atoms with Gasteiger partial charge in [-0.15, -0.1) is 0 Å². The van der Waals surface area contributed by atoms with Crippen LogP contribution >= 0.6 is 0 Å². The van der Waals surface area contributed by atoms with Crippen molar-refractivity contribution in [3.63, 3.8) is 0 Å². The number of benzene rings is 1. The van der Waals surface area contributed by atoms with E-state index in [-0.39, 0.29) is 17.2 Å². The number of hydrogen-bond donors (Lipinski definition) is 0. The first-order valence-electron chi connectivity index (χ1n) is 7.95. The Hall–Kier alpha value is -2.70. The van der Waals surface area contributed by atoms with Crippen molar-refractivity contribution in [2.24, 2.45) is 7.05 Å². The third kappa shape index (κ3) is 2.89. The average molecular weight is 329 g/mol. The second-order valence-corrected chi connectivity index (χ2v) is 5.90. The second kappa shape index (κ2) is 6.43. The number of rotatable bonds is 3. The minimum atomic E-state index is -0.881. The van der Waals surface area contributed by atoms with E-state index in [2.05, 4.69) is 5.10 Å². The second-order valence-electron chi connectivity index (χ2n) is 5.90. The lowest BCUT2D eigenvalue weighted by Crippen LogP contribution is -2.38. The third-order valence-electron chi connectivity index (χ3n) is 4.20. The fourth-order valence-corrected chi connectivity index (χ4v) is 2.91. The van der Waals surface area contributed by atoms with Crippen molar-refractivity contribution in [3.8, 4) is 0 Å². The van der Waals surface area contributed by atoms with Crippen LogP contribution in [0, 0.1) is 0 Å². The Bertz CT molecular complexity index is 853. The summed E-state index contributed by atoms with van der Waals surface area (Å²) in [7, 11) is 1.48. The van der Waals surface area contributed by atoms with Crippen LogP contribution in [-0.2, 0) is 16.6 Å². The number of ether oxygens (including phenoxy) is 1. The summed E-state index contributed by atoms with van der Waals surface area (Å²) < 4.78 is 6.41. The SMILES string of the molecule is CC(OC(=O)c1nn(C)c(=O)c2ccccc12)C(=O)N1CCCC1. The van der Waals surface area contributed by atoms with Gasteiger partial charge in [0.2, 0.25) is 0 Å². The van der Waals surface area contributed by atoms with E-state index in [1.54, 1.807) is 36.1 Å². The minimum absolute atomic E-state index is 0.0359. The van der Waals surface area contributed by atoms with Gasteiger partial charge in [-0.25, -0.2) is 9.48 Å². The van der Waals surface area contributed by atoms with Gasteiger partial charge in [0.25, 0.3) is 11.5 Å². The lowest BCUT2D eigenvalue weighted by Gasteiger charge is -2.20. The molecular formula is C17H19N3O4. The molecule has 0 N–H and O–H groups in total. The van der Waals surface area contributed by atoms with Crippen LogP contribution in [0.1, 0.15) is 30.3 Å². The Morgan fingerprint density at radius 3 is 2.46 bits per heavy atom. The van der Waals surface area contributed by atoms with E-state index in [1.807, 2.05) is 0 Å². The number of esters is 1. The highest BCUT2D eigenvalue weighted by Crippen LogP contribution is 2.16. The van der Waals surface area contributed by atoms with E-state index in [0.717, 1.165) is 17.5 Å². The number of carbonyl (C=O) groups is 2. The zero-order valence-corrected chi connectivity index (χ0v) is 13.7. The molecule has 0 spiro atoms. The maximum atomic E-state index is 12.5. The topological polar surface area (TPSA) is 81.5 Å². The van der Waals surface area contributed by atoms with Gasteiger partial charge in [0.05, 0.1) is 5.39 Å². The van der Waals surface area contributed by atoms with Gasteiger partial charge in [0.15, 0.2) is 11.8 Å². The molecule has 1 fully saturated rings. The van der Waals surface area contributed by atoms with E-state index < -0.39 is 12.1 Å². The van der Waals surface area contributed by atoms with Crippen molar-refractivity contribution in [1.29, 1.82) is 0 Å². The van der Waals surface area contributed by atoms with Crippen molar-refractivity contribution >= 4 is 22.6 Å². The van der Waals surface area contributed by atoms with E-state index in [9.17, 15) is 14.4 Å². The molecule has 7 nitrogen and oxygen atoms in total. The maximum absolute atomic E-state index is 12.5. The molecule has 0 radical (unpaired) electrons. The zero-order valence-electron chi connectivity index (χ0n) is 13.7. The molecule has 2 heterocycles. The Morgan fingerprint density at radius 1 is 1.17 bits per heavy atom. The highest BCUT2D eigenvalue weighted by molar-refractivity contribution is 6.02. The maximum Gasteiger partial charge on any atom is 0.360 e. The summed E-state index contributed by atoms with van der Waals surface area (Å²) in [6, 6.07) is 6.72. The summed E-state index contributed by atoms with van der Waals surface area (Å²) in [6.07, 6.45) is 1.06. The van der Waals surface area contributed by atoms with Crippen LogP contribution in [0.25, 0.3) is 10.8 Å². The average Bonchev–Trinajstić information content (AvgIpc) is 3.11. The van der Waals surface area contributed by atoms with E-state index in [4.69, 9.17) is 4.74 Å². The highest BCUT2D eigenvalue weighted by atomic mass is 16.5. The summed E-state index contributed by atoms with van der Waals surface area (Å²) in [5.41, 5.74) is -0.253. The molecule has 1 aromatic heterocycles. The van der Waals surface area contributed by atoms with Crippen molar-refractivity contribution in [2.75, 3.05) is 13.1 Å². The van der Waals surface area contributed by atoms with Gasteiger partial charge in [-0.1, -0.05) is 18.2 Å². The first-order chi connectivity index (χ1) is 11.5. The van der Waals surface area contributed by atoms with Crippen molar-refractivity contribution < 1.29 is 14.3 Å². The smallest absolute Gasteiger partial charge is 0.360 e. The third-order valence-corrected chi connectivity index (χ3v) is 4.20. The van der Waals surface area contributed by atoms with Gasteiger partial charge in [0.1, 0.15) is 0 Å². The van der Waals surface area contributed by atoms with E-state index in [1.165, 1.54) is 7.05 Å². The first kappa shape index (κ1) is 16.2. The van der Waals surface area contributed by atoms with Gasteiger partial charge in [-0.2, -0.15) is 5.10 Å². The summed E-state index contributed by atoms with van der Waals surface area (Å²) in [5, 5.41) is 4.83. The zero-order chi connectivity index (χ0) is 17.3. The fourth-order valence-electron chi connectivity index (χ4n) is 2.91. The molecule has 2 aromatic rings. The molecular weight excluding hydrogens is 310 g/mol. The molecule has 1 amide bonds. The largest absolute Gasteiger partial charge is 0.448 e. The van der Waals surface area contributed by atoms with E-state index in [0.29, 0.717) is 23.9 Å². The Morgan fingerprint density at radius 2 is 1.79 bits per heavy atom. The molecule has 0 aliphatic carbocycles. The molecule has 1 aliphatic heterocycles. The van der Waals surface area contributed by atoms with Gasteiger partial charge < -0.3 is 9.64 Å². The number of amides is 1. The van der Waals surface area contributed by atoms with Gasteiger partial charge in [0, 0.05) is 25.5 Å². The Labute approximate surface area is 138 Å². The van der Waals surface area contributed by atoms with Crippen LogP contribution in [0.5, 0.6) is 0 Å². The minimum Gasteiger partial charge on any atom is -0.448 e. The molecule has 126 valence electrons. The molecule has 1 aromatic carbocycles. The van der Waals surface area contributed by atoms with Crippen LogP contribution in [0.4, 0.5) is 0 Å². The predicted molar refractivity (Wildman–Crippen MR) is 87.7 cm³/mol. The molecule has 1 unspecified atom stereocenters. The molecule has 1 atom stereocenters. The summed E-state index contributed by atoms with van der Waals surface area (Å²) in [6.45, 7) is 2.95. The van der Waals surface area contributed by atoms with Crippen LogP contribution < -0.4 is 5.56 Å². The van der Waals surface area contributed by atoms with Crippen molar-refractivity contribution in [3.05, 3.63) is 40.3 Å². The number of aromatic nitrogens is 2. The molecule has 1 aliphatic rings. The Balaban J connectivity index is 1.87. The standard InChI is InChI=1S/C17H19N3O4/c1-11(15(21)20-9-5-6-10-20)24-17(23)14-12-7-3-4-8-13(12)16(22)19(2)18-14/h3-4,7-8,11H,5-6,9-10H2,1-2H3. The fraction of sp³-hybridized carbons (Fsp3) is 0.412. The van der Waals surface area contributed by atoms with Crippen LogP contribution in [0.15, 0.2) is 29.1 Å². The monoisotopic (exact) mass is 329 g/mol. The lowest BCUT2D eigenvalue weighted by atomic mass is 10.1. The Kier molecular flexibility index (Phi) is 4.33. The molecule has 24 heavy (non-hydrogen) atoms. The molecule has 1 saturated heterocycles.